The highest BCUT2D eigenvalue weighted by Crippen LogP contribution is 2.14. The van der Waals surface area contributed by atoms with Crippen molar-refractivity contribution in [1.29, 1.82) is 0 Å². The maximum atomic E-state index is 12.9. The molecule has 0 radical (unpaired) electrons. The molecule has 0 aromatic carbocycles. The van der Waals surface area contributed by atoms with E-state index in [0.717, 1.165) is 109 Å². The minimum absolute atomic E-state index is 0.0952. The van der Waals surface area contributed by atoms with Gasteiger partial charge in [-0.25, -0.2) is 0 Å². The molecule has 396 valence electrons. The zero-order valence-corrected chi connectivity index (χ0v) is 45.3. The first kappa shape index (κ1) is 65.6. The van der Waals surface area contributed by atoms with Gasteiger partial charge in [0.15, 0.2) is 6.10 Å². The maximum absolute atomic E-state index is 12.9. The first-order chi connectivity index (χ1) is 34.0. The van der Waals surface area contributed by atoms with Crippen LogP contribution in [0.3, 0.4) is 0 Å². The van der Waals surface area contributed by atoms with Crippen molar-refractivity contribution in [3.63, 3.8) is 0 Å². The molecular formula is C63H108O6. The summed E-state index contributed by atoms with van der Waals surface area (Å²) in [5.74, 6) is -0.938. The second kappa shape index (κ2) is 57.2. The van der Waals surface area contributed by atoms with E-state index in [4.69, 9.17) is 14.2 Å². The summed E-state index contributed by atoms with van der Waals surface area (Å²) in [5.41, 5.74) is 0. The molecule has 0 fully saturated rings. The summed E-state index contributed by atoms with van der Waals surface area (Å²) >= 11 is 0. The van der Waals surface area contributed by atoms with Crippen molar-refractivity contribution in [2.24, 2.45) is 0 Å². The van der Waals surface area contributed by atoms with Crippen LogP contribution >= 0.6 is 0 Å². The molecule has 0 aliphatic carbocycles. The lowest BCUT2D eigenvalue weighted by Crippen LogP contribution is -2.30. The lowest BCUT2D eigenvalue weighted by Gasteiger charge is -2.18. The van der Waals surface area contributed by atoms with E-state index in [1.807, 2.05) is 0 Å². The molecule has 0 aromatic heterocycles. The number of hydrogen-bond donors (Lipinski definition) is 0. The van der Waals surface area contributed by atoms with Crippen LogP contribution in [0.5, 0.6) is 0 Å². The van der Waals surface area contributed by atoms with E-state index in [1.54, 1.807) is 0 Å². The van der Waals surface area contributed by atoms with Gasteiger partial charge in [0.25, 0.3) is 0 Å². The Morgan fingerprint density at radius 3 is 0.855 bits per heavy atom. The zero-order valence-electron chi connectivity index (χ0n) is 45.3. The van der Waals surface area contributed by atoms with E-state index in [0.29, 0.717) is 19.3 Å². The number of allylic oxidation sites excluding steroid dienone is 14. The van der Waals surface area contributed by atoms with Crippen molar-refractivity contribution >= 4 is 17.9 Å². The fourth-order valence-corrected chi connectivity index (χ4v) is 7.92. The van der Waals surface area contributed by atoms with E-state index in [2.05, 4.69) is 106 Å². The van der Waals surface area contributed by atoms with E-state index < -0.39 is 6.10 Å². The van der Waals surface area contributed by atoms with Crippen LogP contribution in [0.2, 0.25) is 0 Å². The Morgan fingerprint density at radius 2 is 0.522 bits per heavy atom. The lowest BCUT2D eigenvalue weighted by molar-refractivity contribution is -0.167. The second-order valence-electron chi connectivity index (χ2n) is 19.2. The predicted molar refractivity (Wildman–Crippen MR) is 297 cm³/mol. The Balaban J connectivity index is 4.47. The highest BCUT2D eigenvalue weighted by molar-refractivity contribution is 5.71. The topological polar surface area (TPSA) is 78.9 Å². The van der Waals surface area contributed by atoms with Gasteiger partial charge in [-0.1, -0.05) is 221 Å². The quantitative estimate of drug-likeness (QED) is 0.0262. The summed E-state index contributed by atoms with van der Waals surface area (Å²) in [6, 6.07) is 0. The van der Waals surface area contributed by atoms with Crippen LogP contribution in [0.15, 0.2) is 85.1 Å². The van der Waals surface area contributed by atoms with Crippen LogP contribution in [0, 0.1) is 0 Å². The van der Waals surface area contributed by atoms with Gasteiger partial charge in [-0.2, -0.15) is 0 Å². The van der Waals surface area contributed by atoms with Crippen LogP contribution < -0.4 is 0 Å². The summed E-state index contributed by atoms with van der Waals surface area (Å²) in [5, 5.41) is 0. The van der Waals surface area contributed by atoms with Crippen molar-refractivity contribution in [1.82, 2.24) is 0 Å². The zero-order chi connectivity index (χ0) is 50.0. The van der Waals surface area contributed by atoms with E-state index >= 15 is 0 Å². The van der Waals surface area contributed by atoms with Crippen LogP contribution in [0.1, 0.15) is 278 Å². The molecule has 0 bridgehead atoms. The molecule has 6 nitrogen and oxygen atoms in total. The van der Waals surface area contributed by atoms with E-state index in [-0.39, 0.29) is 31.1 Å². The Bertz CT molecular complexity index is 1330. The van der Waals surface area contributed by atoms with Gasteiger partial charge >= 0.3 is 17.9 Å². The molecule has 0 N–H and O–H groups in total. The SMILES string of the molecule is CCCCC/C=C/C/C=C/C/C=C/CCCCCCC(=O)OC[C@@H](COC(=O)CCCCCCCCC/C=C/CCCCCCCC)OC(=O)CCCCCC/C=C/C/C=C/C/C=C/CCCCC. The largest absolute Gasteiger partial charge is 0.462 e. The number of carbonyl (C=O) groups is 3. The Kier molecular flexibility index (Phi) is 54.3. The van der Waals surface area contributed by atoms with Gasteiger partial charge in [0.1, 0.15) is 13.2 Å². The summed E-state index contributed by atoms with van der Waals surface area (Å²) in [7, 11) is 0. The molecule has 6 heteroatoms. The first-order valence-electron chi connectivity index (χ1n) is 29.1. The fourth-order valence-electron chi connectivity index (χ4n) is 7.92. The summed E-state index contributed by atoms with van der Waals surface area (Å²) in [6.07, 6.45) is 74.2. The number of esters is 3. The average molecular weight is 962 g/mol. The monoisotopic (exact) mass is 961 g/mol. The third kappa shape index (κ3) is 55.4. The average Bonchev–Trinajstić information content (AvgIpc) is 3.35. The molecule has 0 spiro atoms. The summed E-state index contributed by atoms with van der Waals surface area (Å²) < 4.78 is 16.8. The van der Waals surface area contributed by atoms with Crippen LogP contribution in [-0.4, -0.2) is 37.2 Å². The Labute approximate surface area is 426 Å². The summed E-state index contributed by atoms with van der Waals surface area (Å²) in [4.78, 5) is 38.2. The fraction of sp³-hybridized carbons (Fsp3) is 0.730. The van der Waals surface area contributed by atoms with Gasteiger partial charge in [0.2, 0.25) is 0 Å². The summed E-state index contributed by atoms with van der Waals surface area (Å²) in [6.45, 7) is 6.55. The highest BCUT2D eigenvalue weighted by atomic mass is 16.6. The Hall–Kier alpha value is -3.41. The second-order valence-corrected chi connectivity index (χ2v) is 19.2. The molecule has 69 heavy (non-hydrogen) atoms. The highest BCUT2D eigenvalue weighted by Gasteiger charge is 2.19. The number of carbonyl (C=O) groups excluding carboxylic acids is 3. The molecule has 1 atom stereocenters. The van der Waals surface area contributed by atoms with Gasteiger partial charge in [-0.3, -0.25) is 14.4 Å². The van der Waals surface area contributed by atoms with Gasteiger partial charge in [-0.05, 0) is 122 Å². The third-order valence-electron chi connectivity index (χ3n) is 12.3. The normalized spacial score (nSPS) is 12.7. The van der Waals surface area contributed by atoms with Crippen molar-refractivity contribution in [2.45, 2.75) is 284 Å². The number of hydrogen-bond acceptors (Lipinski definition) is 6. The standard InChI is InChI=1S/C63H108O6/c1-4-7-10-13-16-19-22-25-28-31-34-37-40-43-46-49-52-55-61(64)67-58-60(69-63(66)57-54-51-48-45-42-39-36-33-30-27-24-21-18-15-12-9-6-3)59-68-62(65)56-53-50-47-44-41-38-35-32-29-26-23-20-17-14-11-8-5-2/h16,18-19,21,25-30,34,36-37,39,60H,4-15,17,20,22-24,31-33,35,38,40-59H2,1-3H3/b19-16+,21-18+,28-25+,29-26+,30-27+,37-34+,39-36+/t60-/m0/s1. The third-order valence-corrected chi connectivity index (χ3v) is 12.3. The minimum atomic E-state index is -0.801. The van der Waals surface area contributed by atoms with Gasteiger partial charge < -0.3 is 14.2 Å². The first-order valence-corrected chi connectivity index (χ1v) is 29.1. The van der Waals surface area contributed by atoms with Crippen LogP contribution in [-0.2, 0) is 28.6 Å². The van der Waals surface area contributed by atoms with Crippen molar-refractivity contribution in [2.75, 3.05) is 13.2 Å². The molecule has 0 aliphatic heterocycles. The van der Waals surface area contributed by atoms with Crippen LogP contribution in [0.4, 0.5) is 0 Å². The van der Waals surface area contributed by atoms with E-state index in [9.17, 15) is 14.4 Å². The van der Waals surface area contributed by atoms with Gasteiger partial charge in [-0.15, -0.1) is 0 Å². The molecule has 0 aromatic rings. The molecule has 0 aliphatic rings. The number of ether oxygens (including phenoxy) is 3. The van der Waals surface area contributed by atoms with Crippen molar-refractivity contribution in [3.8, 4) is 0 Å². The Morgan fingerprint density at radius 1 is 0.290 bits per heavy atom. The lowest BCUT2D eigenvalue weighted by atomic mass is 10.1. The molecule has 0 unspecified atom stereocenters. The molecule has 0 saturated carbocycles. The molecule has 0 heterocycles. The van der Waals surface area contributed by atoms with Crippen molar-refractivity contribution < 1.29 is 28.6 Å². The maximum Gasteiger partial charge on any atom is 0.306 e. The number of unbranched alkanes of at least 4 members (excludes halogenated alkanes) is 27. The molecule has 0 saturated heterocycles. The van der Waals surface area contributed by atoms with Gasteiger partial charge in [0, 0.05) is 19.3 Å². The van der Waals surface area contributed by atoms with Crippen LogP contribution in [0.25, 0.3) is 0 Å². The number of rotatable bonds is 52. The van der Waals surface area contributed by atoms with Crippen molar-refractivity contribution in [3.05, 3.63) is 85.1 Å². The molecular weight excluding hydrogens is 853 g/mol. The minimum Gasteiger partial charge on any atom is -0.462 e. The van der Waals surface area contributed by atoms with E-state index in [1.165, 1.54) is 128 Å². The van der Waals surface area contributed by atoms with Gasteiger partial charge in [0.05, 0.1) is 0 Å². The molecule has 0 rings (SSSR count). The smallest absolute Gasteiger partial charge is 0.306 e. The predicted octanol–water partition coefficient (Wildman–Crippen LogP) is 19.5. The molecule has 0 amide bonds.